The summed E-state index contributed by atoms with van der Waals surface area (Å²) >= 11 is 1.29. The summed E-state index contributed by atoms with van der Waals surface area (Å²) in [4.78, 5) is 3.31. The third-order valence-electron chi connectivity index (χ3n) is 0.468. The Labute approximate surface area is 51.7 Å². The Bertz CT molecular complexity index is 118. The maximum atomic E-state index is 7.95. The van der Waals surface area contributed by atoms with Gasteiger partial charge in [0, 0.05) is 0 Å². The van der Waals surface area contributed by atoms with E-state index in [-0.39, 0.29) is 0 Å². The van der Waals surface area contributed by atoms with E-state index in [2.05, 4.69) is 10.4 Å². The van der Waals surface area contributed by atoms with Crippen molar-refractivity contribution in [1.29, 1.82) is 5.26 Å². The lowest BCUT2D eigenvalue weighted by Gasteiger charge is -1.93. The summed E-state index contributed by atoms with van der Waals surface area (Å²) in [5.41, 5.74) is 2.24. The Morgan fingerprint density at radius 3 is 2.75 bits per heavy atom. The lowest BCUT2D eigenvalue weighted by Crippen LogP contribution is -2.27. The molecule has 0 unspecified atom stereocenters. The first kappa shape index (κ1) is 7.27. The molecule has 0 aliphatic rings. The summed E-state index contributed by atoms with van der Waals surface area (Å²) in [6.45, 7) is 0. The molecular weight excluding hydrogens is 124 g/mol. The van der Waals surface area contributed by atoms with Crippen molar-refractivity contribution in [3.63, 3.8) is 0 Å². The first-order chi connectivity index (χ1) is 3.85. The maximum Gasteiger partial charge on any atom is 0.208 e. The Balaban J connectivity index is 3.72. The van der Waals surface area contributed by atoms with Gasteiger partial charge in [0.15, 0.2) is 5.17 Å². The average Bonchev–Trinajstić information content (AvgIpc) is 1.83. The molecule has 0 saturated carbocycles. The van der Waals surface area contributed by atoms with E-state index in [9.17, 15) is 0 Å². The van der Waals surface area contributed by atoms with Gasteiger partial charge >= 0.3 is 0 Å². The highest BCUT2D eigenvalue weighted by molar-refractivity contribution is 8.13. The minimum Gasteiger partial charge on any atom is -0.302 e. The predicted octanol–water partition coefficient (Wildman–Crippen LogP) is -0.350. The number of nitrogens with two attached hydrogens (primary N) is 1. The van der Waals surface area contributed by atoms with Gasteiger partial charge in [-0.2, -0.15) is 5.26 Å². The first-order valence-electron chi connectivity index (χ1n) is 1.82. The molecule has 0 aromatic heterocycles. The van der Waals surface area contributed by atoms with Crippen molar-refractivity contribution in [3.05, 3.63) is 0 Å². The van der Waals surface area contributed by atoms with Crippen LogP contribution >= 0.6 is 11.8 Å². The SMILES string of the molecule is CSC(=NC#N)NN. The number of aliphatic imine (C=N–C) groups is 1. The molecule has 0 fully saturated rings. The highest BCUT2D eigenvalue weighted by atomic mass is 32.2. The van der Waals surface area contributed by atoms with Gasteiger partial charge < -0.3 is 5.43 Å². The highest BCUT2D eigenvalue weighted by Crippen LogP contribution is 1.90. The van der Waals surface area contributed by atoms with Crippen LogP contribution in [0.5, 0.6) is 0 Å². The fourth-order valence-corrected chi connectivity index (χ4v) is 0.432. The molecular formula is C3H6N4S. The summed E-state index contributed by atoms with van der Waals surface area (Å²) in [6.07, 6.45) is 3.37. The normalized spacial score (nSPS) is 10.4. The van der Waals surface area contributed by atoms with Crippen molar-refractivity contribution < 1.29 is 0 Å². The van der Waals surface area contributed by atoms with E-state index in [1.165, 1.54) is 11.8 Å². The standard InChI is InChI=1S/C3H6N4S/c1-8-3(7-5)6-2-4/h5H2,1H3,(H,6,7). The molecule has 0 radical (unpaired) electrons. The zero-order valence-corrected chi connectivity index (χ0v) is 5.20. The molecule has 0 aliphatic heterocycles. The molecule has 0 amide bonds. The predicted molar refractivity (Wildman–Crippen MR) is 33.9 cm³/mol. The number of thioether (sulfide) groups is 1. The van der Waals surface area contributed by atoms with Crippen LogP contribution in [0.4, 0.5) is 0 Å². The molecule has 0 bridgehead atoms. The van der Waals surface area contributed by atoms with Gasteiger partial charge in [-0.05, 0) is 6.26 Å². The Hall–Kier alpha value is -0.730. The van der Waals surface area contributed by atoms with Crippen LogP contribution in [0.1, 0.15) is 0 Å². The van der Waals surface area contributed by atoms with Crippen molar-refractivity contribution in [1.82, 2.24) is 5.43 Å². The maximum absolute atomic E-state index is 7.95. The van der Waals surface area contributed by atoms with Crippen LogP contribution in [0.15, 0.2) is 4.99 Å². The highest BCUT2D eigenvalue weighted by Gasteiger charge is 1.86. The van der Waals surface area contributed by atoms with Gasteiger partial charge in [0.25, 0.3) is 0 Å². The van der Waals surface area contributed by atoms with Crippen molar-refractivity contribution in [2.24, 2.45) is 10.8 Å². The Morgan fingerprint density at radius 2 is 2.62 bits per heavy atom. The van der Waals surface area contributed by atoms with Gasteiger partial charge in [-0.25, -0.2) is 5.84 Å². The van der Waals surface area contributed by atoms with E-state index in [4.69, 9.17) is 11.1 Å². The minimum absolute atomic E-state index is 0.424. The molecule has 3 N–H and O–H groups in total. The Kier molecular flexibility index (Phi) is 4.03. The fraction of sp³-hybridized carbons (Fsp3) is 0.333. The van der Waals surface area contributed by atoms with Gasteiger partial charge in [-0.15, -0.1) is 4.99 Å². The number of rotatable bonds is 0. The van der Waals surface area contributed by atoms with Gasteiger partial charge in [0.05, 0.1) is 0 Å². The van der Waals surface area contributed by atoms with E-state index in [1.807, 2.05) is 0 Å². The van der Waals surface area contributed by atoms with Crippen molar-refractivity contribution in [3.8, 4) is 6.19 Å². The summed E-state index contributed by atoms with van der Waals surface area (Å²) in [6, 6.07) is 0. The molecule has 4 nitrogen and oxygen atoms in total. The molecule has 5 heteroatoms. The molecule has 0 aromatic carbocycles. The first-order valence-corrected chi connectivity index (χ1v) is 3.05. The molecule has 0 spiro atoms. The van der Waals surface area contributed by atoms with Crippen molar-refractivity contribution in [2.45, 2.75) is 0 Å². The van der Waals surface area contributed by atoms with Gasteiger partial charge in [-0.1, -0.05) is 11.8 Å². The van der Waals surface area contributed by atoms with Crippen LogP contribution in [-0.2, 0) is 0 Å². The van der Waals surface area contributed by atoms with Crippen LogP contribution in [0, 0.1) is 11.5 Å². The number of hydrogen-bond acceptors (Lipinski definition) is 4. The summed E-state index contributed by atoms with van der Waals surface area (Å²) in [7, 11) is 0. The van der Waals surface area contributed by atoms with E-state index in [0.717, 1.165) is 0 Å². The number of hydrogen-bond donors (Lipinski definition) is 2. The van der Waals surface area contributed by atoms with E-state index >= 15 is 0 Å². The second kappa shape index (κ2) is 4.43. The Morgan fingerprint density at radius 1 is 2.00 bits per heavy atom. The van der Waals surface area contributed by atoms with Crippen molar-refractivity contribution in [2.75, 3.05) is 6.26 Å². The summed E-state index contributed by atoms with van der Waals surface area (Å²) in [5, 5.41) is 8.38. The summed E-state index contributed by atoms with van der Waals surface area (Å²) in [5.74, 6) is 4.92. The van der Waals surface area contributed by atoms with Crippen LogP contribution in [-0.4, -0.2) is 11.4 Å². The summed E-state index contributed by atoms with van der Waals surface area (Å²) < 4.78 is 0. The van der Waals surface area contributed by atoms with Gasteiger partial charge in [-0.3, -0.25) is 0 Å². The molecule has 8 heavy (non-hydrogen) atoms. The third kappa shape index (κ3) is 2.44. The smallest absolute Gasteiger partial charge is 0.208 e. The van der Waals surface area contributed by atoms with E-state index in [1.54, 1.807) is 12.4 Å². The quantitative estimate of drug-likeness (QED) is 0.154. The lowest BCUT2D eigenvalue weighted by atomic mass is 11.2. The van der Waals surface area contributed by atoms with Crippen LogP contribution in [0.3, 0.4) is 0 Å². The molecule has 44 valence electrons. The molecule has 0 saturated heterocycles. The molecule has 0 rings (SSSR count). The molecule has 0 aliphatic carbocycles. The van der Waals surface area contributed by atoms with Crippen molar-refractivity contribution >= 4 is 16.9 Å². The third-order valence-corrected chi connectivity index (χ3v) is 1.06. The number of nitrogens with zero attached hydrogens (tertiary/aromatic N) is 2. The van der Waals surface area contributed by atoms with Gasteiger partial charge in [0.1, 0.15) is 0 Å². The fourth-order valence-electron chi connectivity index (χ4n) is 0.182. The van der Waals surface area contributed by atoms with Gasteiger partial charge in [0.2, 0.25) is 6.19 Å². The minimum atomic E-state index is 0.424. The van der Waals surface area contributed by atoms with Crippen LogP contribution in [0.2, 0.25) is 0 Å². The zero-order chi connectivity index (χ0) is 6.41. The number of nitriles is 1. The van der Waals surface area contributed by atoms with Crippen LogP contribution in [0.25, 0.3) is 0 Å². The monoisotopic (exact) mass is 130 g/mol. The topological polar surface area (TPSA) is 74.2 Å². The lowest BCUT2D eigenvalue weighted by molar-refractivity contribution is 1.05. The average molecular weight is 130 g/mol. The van der Waals surface area contributed by atoms with E-state index < -0.39 is 0 Å². The van der Waals surface area contributed by atoms with E-state index in [0.29, 0.717) is 5.17 Å². The second-order valence-corrected chi connectivity index (χ2v) is 1.66. The van der Waals surface area contributed by atoms with Crippen LogP contribution < -0.4 is 11.3 Å². The molecule has 0 heterocycles. The number of nitrogens with one attached hydrogen (secondary N) is 1. The number of hydrazine groups is 1. The number of amidine groups is 1. The second-order valence-electron chi connectivity index (χ2n) is 0.865. The molecule has 0 aromatic rings. The zero-order valence-electron chi connectivity index (χ0n) is 4.38. The molecule has 0 atom stereocenters. The largest absolute Gasteiger partial charge is 0.302 e.